The summed E-state index contributed by atoms with van der Waals surface area (Å²) < 4.78 is 1.36. The monoisotopic (exact) mass is 862 g/mol. The molecular weight excluding hydrogens is 829 g/mol. The molecule has 8 heteroatoms. The van der Waals surface area contributed by atoms with E-state index in [2.05, 4.69) is 194 Å². The Morgan fingerprint density at radius 3 is 1.00 bits per heavy atom. The molecule has 0 N–H and O–H groups in total. The zero-order valence-corrected chi connectivity index (χ0v) is 36.7. The minimum absolute atomic E-state index is 0. The van der Waals surface area contributed by atoms with Gasteiger partial charge in [-0.2, -0.15) is 0 Å². The molecule has 0 amide bonds. The molecule has 6 aromatic carbocycles. The van der Waals surface area contributed by atoms with E-state index in [-0.39, 0.29) is 37.2 Å². The second-order valence-corrected chi connectivity index (χ2v) is 19.7. The molecule has 6 aromatic rings. The smallest absolute Gasteiger partial charge is 1.00 e. The zero-order chi connectivity index (χ0) is 35.2. The minimum atomic E-state index is -3.28. The molecule has 0 fully saturated rings. The van der Waals surface area contributed by atoms with Crippen molar-refractivity contribution in [2.24, 2.45) is 0 Å². The zero-order valence-electron chi connectivity index (χ0n) is 29.6. The number of hydrogen-bond acceptors (Lipinski definition) is 0. The second kappa shape index (κ2) is 17.5. The van der Waals surface area contributed by atoms with E-state index in [4.69, 9.17) is 34.8 Å². The van der Waals surface area contributed by atoms with Crippen molar-refractivity contribution in [3.8, 4) is 33.4 Å². The van der Waals surface area contributed by atoms with Crippen LogP contribution in [-0.2, 0) is 20.4 Å². The van der Waals surface area contributed by atoms with Gasteiger partial charge in [-0.1, -0.05) is 0 Å². The molecule has 1 aliphatic carbocycles. The van der Waals surface area contributed by atoms with Gasteiger partial charge in [0.2, 0.25) is 0 Å². The Morgan fingerprint density at radius 1 is 0.434 bits per heavy atom. The third-order valence-corrected chi connectivity index (χ3v) is 18.8. The van der Waals surface area contributed by atoms with Crippen molar-refractivity contribution in [3.05, 3.63) is 181 Å². The molecule has 266 valence electrons. The van der Waals surface area contributed by atoms with Gasteiger partial charge in [0.1, 0.15) is 0 Å². The van der Waals surface area contributed by atoms with Crippen LogP contribution in [0.25, 0.3) is 33.4 Å². The normalized spacial score (nSPS) is 15.4. The summed E-state index contributed by atoms with van der Waals surface area (Å²) in [6, 6.07) is 51.6. The molecule has 0 aliphatic heterocycles. The van der Waals surface area contributed by atoms with Crippen LogP contribution >= 0.6 is 34.8 Å². The summed E-state index contributed by atoms with van der Waals surface area (Å²) in [6.45, 7) is 9.32. The predicted octanol–water partition coefficient (Wildman–Crippen LogP) is 3.06. The topological polar surface area (TPSA) is 0 Å². The van der Waals surface area contributed by atoms with Gasteiger partial charge in [-0.15, -0.1) is 0 Å². The Bertz CT molecular complexity index is 2070. The number of allylic oxidation sites excluding steroid dienone is 4. The summed E-state index contributed by atoms with van der Waals surface area (Å²) in [4.78, 5) is 0. The Morgan fingerprint density at radius 2 is 0.736 bits per heavy atom. The Balaban J connectivity index is 0.00000209. The van der Waals surface area contributed by atoms with Crippen molar-refractivity contribution in [1.82, 2.24) is 0 Å². The van der Waals surface area contributed by atoms with Crippen molar-refractivity contribution >= 4 is 58.4 Å². The van der Waals surface area contributed by atoms with Crippen LogP contribution in [0.2, 0.25) is 20.1 Å². The molecule has 0 heterocycles. The number of benzene rings is 6. The van der Waals surface area contributed by atoms with Crippen molar-refractivity contribution < 1.29 is 57.7 Å². The number of hydrogen-bond donors (Lipinski definition) is 0. The molecule has 0 saturated carbocycles. The quantitative estimate of drug-likeness (QED) is 0.171. The van der Waals surface area contributed by atoms with Crippen LogP contribution in [-0.4, -0.2) is 8.07 Å². The average Bonchev–Trinajstić information content (AvgIpc) is 3.28. The van der Waals surface area contributed by atoms with Crippen LogP contribution in [0.4, 0.5) is 0 Å². The number of halogens is 6. The molecular formula is C45H36Cl6SiTi. The van der Waals surface area contributed by atoms with Crippen LogP contribution in [0.3, 0.4) is 0 Å². The van der Waals surface area contributed by atoms with E-state index < -0.39 is 13.1 Å². The maximum absolute atomic E-state index is 7.23. The first-order valence-electron chi connectivity index (χ1n) is 16.7. The summed E-state index contributed by atoms with van der Waals surface area (Å²) in [7, 11) is -3.28. The summed E-state index contributed by atoms with van der Waals surface area (Å²) in [5, 5.41) is 5.31. The molecule has 7 rings (SSSR count). The standard InChI is InChI=1S/C45H36Cl3Si.3ClH.Ti/c1-30-29-45(4,32(3)31(30)2)49(42-23-36(20-39(46)26-42)33-14-8-5-9-15-33,43-24-37(21-40(47)27-43)34-16-10-6-11-17-34)44-25-38(22-41(48)28-44)35-18-12-7-13-19-35;;;;/h5-28H,1-4H3;3*1H;/q;;;;+3/p-3. The van der Waals surface area contributed by atoms with Crippen LogP contribution in [0.15, 0.2) is 166 Å². The summed E-state index contributed by atoms with van der Waals surface area (Å²) in [5.74, 6) is 0. The first-order chi connectivity index (χ1) is 24.0. The van der Waals surface area contributed by atoms with Crippen LogP contribution in [0.5, 0.6) is 0 Å². The first-order valence-corrected chi connectivity index (χ1v) is 20.7. The summed E-state index contributed by atoms with van der Waals surface area (Å²) in [5.41, 5.74) is 10.6. The van der Waals surface area contributed by atoms with E-state index in [1.807, 2.05) is 0 Å². The van der Waals surface area contributed by atoms with Gasteiger partial charge in [0.05, 0.1) is 0 Å². The largest absolute Gasteiger partial charge is 1.00 e. The predicted molar refractivity (Wildman–Crippen MR) is 215 cm³/mol. The maximum Gasteiger partial charge on any atom is -1.00 e. The second-order valence-electron chi connectivity index (χ2n) is 13.4. The van der Waals surface area contributed by atoms with Gasteiger partial charge in [0.15, 0.2) is 0 Å². The molecule has 1 unspecified atom stereocenters. The van der Waals surface area contributed by atoms with Crippen LogP contribution in [0.1, 0.15) is 27.7 Å². The fourth-order valence-corrected chi connectivity index (χ4v) is 16.8. The molecule has 0 spiro atoms. The van der Waals surface area contributed by atoms with Gasteiger partial charge in [-0.25, -0.2) is 0 Å². The molecule has 1 aliphatic rings. The van der Waals surface area contributed by atoms with Gasteiger partial charge in [-0.05, 0) is 0 Å². The third kappa shape index (κ3) is 7.68. The van der Waals surface area contributed by atoms with Crippen LogP contribution < -0.4 is 52.8 Å². The Labute approximate surface area is 360 Å². The van der Waals surface area contributed by atoms with E-state index in [1.165, 1.54) is 36.2 Å². The van der Waals surface area contributed by atoms with Gasteiger partial charge in [0.25, 0.3) is 0 Å². The van der Waals surface area contributed by atoms with Crippen molar-refractivity contribution in [3.63, 3.8) is 0 Å². The first kappa shape index (κ1) is 43.2. The molecule has 1 atom stereocenters. The SMILES string of the molecule is CC1=C(C)C(C)([Si](c2cc(Cl)cc(-c3ccccc3)c2)(c2cc(Cl)cc(-c3ccccc3)c2)c2cc(Cl)cc(-c3ccccc3)c2)[C]([Ti+3])=C1C.[Cl-].[Cl-].[Cl-]. The molecule has 0 saturated heterocycles. The summed E-state index contributed by atoms with van der Waals surface area (Å²) >= 11 is 24.0. The van der Waals surface area contributed by atoms with Crippen molar-refractivity contribution in [2.45, 2.75) is 32.7 Å². The van der Waals surface area contributed by atoms with Crippen LogP contribution in [0, 0.1) is 0 Å². The molecule has 0 bridgehead atoms. The molecule has 0 nitrogen and oxygen atoms in total. The van der Waals surface area contributed by atoms with Gasteiger partial charge < -0.3 is 37.2 Å². The maximum atomic E-state index is 7.23. The Kier molecular flexibility index (Phi) is 14.3. The van der Waals surface area contributed by atoms with Gasteiger partial charge >= 0.3 is 326 Å². The fourth-order valence-electron chi connectivity index (χ4n) is 8.05. The minimum Gasteiger partial charge on any atom is -1.00 e. The average molecular weight is 865 g/mol. The van der Waals surface area contributed by atoms with Gasteiger partial charge in [-0.3, -0.25) is 0 Å². The Hall–Kier alpha value is -2.53. The van der Waals surface area contributed by atoms with Crippen molar-refractivity contribution in [2.75, 3.05) is 0 Å². The number of rotatable bonds is 7. The van der Waals surface area contributed by atoms with E-state index in [9.17, 15) is 0 Å². The molecule has 0 radical (unpaired) electrons. The van der Waals surface area contributed by atoms with E-state index in [0.717, 1.165) is 33.4 Å². The van der Waals surface area contributed by atoms with Crippen molar-refractivity contribution in [1.29, 1.82) is 0 Å². The van der Waals surface area contributed by atoms with E-state index in [0.29, 0.717) is 15.1 Å². The third-order valence-electron chi connectivity index (χ3n) is 10.8. The molecule has 53 heavy (non-hydrogen) atoms. The van der Waals surface area contributed by atoms with Gasteiger partial charge in [0, 0.05) is 0 Å². The summed E-state index contributed by atoms with van der Waals surface area (Å²) in [6.07, 6.45) is 0. The fraction of sp³-hybridized carbons (Fsp3) is 0.111. The van der Waals surface area contributed by atoms with E-state index in [1.54, 1.807) is 0 Å². The van der Waals surface area contributed by atoms with E-state index >= 15 is 0 Å². The molecule has 0 aromatic heterocycles.